The summed E-state index contributed by atoms with van der Waals surface area (Å²) in [4.78, 5) is 0. The molecule has 0 N–H and O–H groups in total. The van der Waals surface area contributed by atoms with Crippen molar-refractivity contribution in [2.75, 3.05) is 6.61 Å². The van der Waals surface area contributed by atoms with Gasteiger partial charge in [-0.25, -0.2) is 9.07 Å². The zero-order chi connectivity index (χ0) is 11.8. The standard InChI is InChI=1S/C11H11ClFN3O/c12-8-5-11-10(6-9(8)13)14-15-16(11)3-4-17-7-1-2-7/h5-7H,1-4H2. The quantitative estimate of drug-likeness (QED) is 0.842. The van der Waals surface area contributed by atoms with Crippen molar-refractivity contribution in [3.05, 3.63) is 23.0 Å². The topological polar surface area (TPSA) is 39.9 Å². The Morgan fingerprint density at radius 1 is 1.47 bits per heavy atom. The Morgan fingerprint density at radius 3 is 3.06 bits per heavy atom. The van der Waals surface area contributed by atoms with Crippen LogP contribution >= 0.6 is 11.6 Å². The Bertz CT molecular complexity index is 553. The molecule has 0 spiro atoms. The highest BCUT2D eigenvalue weighted by molar-refractivity contribution is 6.31. The van der Waals surface area contributed by atoms with Crippen LogP contribution < -0.4 is 0 Å². The second kappa shape index (κ2) is 4.23. The summed E-state index contributed by atoms with van der Waals surface area (Å²) >= 11 is 5.74. The number of aromatic nitrogens is 3. The maximum atomic E-state index is 13.2. The monoisotopic (exact) mass is 255 g/mol. The maximum absolute atomic E-state index is 13.2. The van der Waals surface area contributed by atoms with Crippen LogP contribution in [0.25, 0.3) is 11.0 Å². The number of nitrogens with zero attached hydrogens (tertiary/aromatic N) is 3. The van der Waals surface area contributed by atoms with Gasteiger partial charge in [0.15, 0.2) is 0 Å². The third kappa shape index (κ3) is 2.25. The normalized spacial score (nSPS) is 15.6. The van der Waals surface area contributed by atoms with E-state index in [0.717, 1.165) is 18.4 Å². The molecule has 4 nitrogen and oxygen atoms in total. The summed E-state index contributed by atoms with van der Waals surface area (Å²) in [5.41, 5.74) is 1.24. The number of halogens is 2. The molecular weight excluding hydrogens is 245 g/mol. The molecule has 0 saturated heterocycles. The highest BCUT2D eigenvalue weighted by Crippen LogP contribution is 2.24. The molecule has 1 aromatic carbocycles. The summed E-state index contributed by atoms with van der Waals surface area (Å²) in [7, 11) is 0. The van der Waals surface area contributed by atoms with Crippen molar-refractivity contribution in [3.63, 3.8) is 0 Å². The fourth-order valence-electron chi connectivity index (χ4n) is 1.67. The molecule has 90 valence electrons. The van der Waals surface area contributed by atoms with Gasteiger partial charge >= 0.3 is 0 Å². The zero-order valence-corrected chi connectivity index (χ0v) is 9.82. The molecule has 1 heterocycles. The van der Waals surface area contributed by atoms with Crippen molar-refractivity contribution in [3.8, 4) is 0 Å². The number of benzene rings is 1. The Hall–Kier alpha value is -1.20. The molecule has 3 rings (SSSR count). The largest absolute Gasteiger partial charge is 0.376 e. The van der Waals surface area contributed by atoms with Gasteiger partial charge in [-0.05, 0) is 18.9 Å². The lowest BCUT2D eigenvalue weighted by Gasteiger charge is -2.03. The van der Waals surface area contributed by atoms with Crippen LogP contribution in [0, 0.1) is 5.82 Å². The van der Waals surface area contributed by atoms with Gasteiger partial charge in [0.05, 0.1) is 29.8 Å². The van der Waals surface area contributed by atoms with Crippen LogP contribution in [-0.2, 0) is 11.3 Å². The minimum atomic E-state index is -0.472. The van der Waals surface area contributed by atoms with E-state index in [1.807, 2.05) is 0 Å². The maximum Gasteiger partial charge on any atom is 0.144 e. The molecule has 0 unspecified atom stereocenters. The van der Waals surface area contributed by atoms with Crippen LogP contribution in [0.15, 0.2) is 12.1 Å². The average molecular weight is 256 g/mol. The Balaban J connectivity index is 1.80. The highest BCUT2D eigenvalue weighted by Gasteiger charge is 2.21. The molecule has 1 aliphatic carbocycles. The van der Waals surface area contributed by atoms with Gasteiger partial charge in [0.1, 0.15) is 11.3 Å². The molecule has 6 heteroatoms. The first-order valence-electron chi connectivity index (χ1n) is 5.54. The van der Waals surface area contributed by atoms with Gasteiger partial charge in [-0.15, -0.1) is 5.10 Å². The summed E-state index contributed by atoms with van der Waals surface area (Å²) in [6.07, 6.45) is 2.72. The molecule has 1 aromatic heterocycles. The SMILES string of the molecule is Fc1cc2nnn(CCOC3CC3)c2cc1Cl. The van der Waals surface area contributed by atoms with Crippen LogP contribution in [0.2, 0.25) is 5.02 Å². The van der Waals surface area contributed by atoms with Crippen molar-refractivity contribution < 1.29 is 9.13 Å². The molecule has 0 amide bonds. The summed E-state index contributed by atoms with van der Waals surface area (Å²) < 4.78 is 20.4. The molecule has 0 radical (unpaired) electrons. The molecule has 1 saturated carbocycles. The van der Waals surface area contributed by atoms with Crippen molar-refractivity contribution in [2.45, 2.75) is 25.5 Å². The van der Waals surface area contributed by atoms with Gasteiger partial charge in [-0.1, -0.05) is 16.8 Å². The summed E-state index contributed by atoms with van der Waals surface area (Å²) in [6.45, 7) is 1.20. The van der Waals surface area contributed by atoms with Crippen LogP contribution in [-0.4, -0.2) is 27.7 Å². The smallest absolute Gasteiger partial charge is 0.144 e. The summed E-state index contributed by atoms with van der Waals surface area (Å²) in [5.74, 6) is -0.472. The Morgan fingerprint density at radius 2 is 2.29 bits per heavy atom. The number of hydrogen-bond acceptors (Lipinski definition) is 3. The fraction of sp³-hybridized carbons (Fsp3) is 0.455. The second-order valence-electron chi connectivity index (χ2n) is 4.14. The molecule has 1 fully saturated rings. The lowest BCUT2D eigenvalue weighted by molar-refractivity contribution is 0.110. The van der Waals surface area contributed by atoms with Crippen LogP contribution in [0.3, 0.4) is 0 Å². The average Bonchev–Trinajstić information content (AvgIpc) is 3.05. The predicted molar refractivity (Wildman–Crippen MR) is 61.5 cm³/mol. The van der Waals surface area contributed by atoms with E-state index < -0.39 is 5.82 Å². The Labute approximate surface area is 102 Å². The van der Waals surface area contributed by atoms with E-state index in [4.69, 9.17) is 16.3 Å². The first-order valence-corrected chi connectivity index (χ1v) is 5.91. The van der Waals surface area contributed by atoms with Crippen LogP contribution in [0.5, 0.6) is 0 Å². The van der Waals surface area contributed by atoms with Crippen molar-refractivity contribution in [1.29, 1.82) is 0 Å². The molecule has 0 atom stereocenters. The van der Waals surface area contributed by atoms with E-state index in [1.54, 1.807) is 10.7 Å². The van der Waals surface area contributed by atoms with Crippen LogP contribution in [0.4, 0.5) is 4.39 Å². The number of ether oxygens (including phenoxy) is 1. The second-order valence-corrected chi connectivity index (χ2v) is 4.54. The third-order valence-electron chi connectivity index (χ3n) is 2.74. The molecule has 1 aliphatic rings. The first kappa shape index (κ1) is 10.9. The highest BCUT2D eigenvalue weighted by atomic mass is 35.5. The lowest BCUT2D eigenvalue weighted by Crippen LogP contribution is -2.08. The van der Waals surface area contributed by atoms with Crippen molar-refractivity contribution in [2.24, 2.45) is 0 Å². The van der Waals surface area contributed by atoms with Gasteiger partial charge in [0.25, 0.3) is 0 Å². The molecule has 0 bridgehead atoms. The minimum Gasteiger partial charge on any atom is -0.376 e. The van der Waals surface area contributed by atoms with E-state index in [2.05, 4.69) is 10.3 Å². The van der Waals surface area contributed by atoms with Gasteiger partial charge < -0.3 is 4.74 Å². The Kier molecular flexibility index (Phi) is 2.72. The van der Waals surface area contributed by atoms with E-state index in [1.165, 1.54) is 6.07 Å². The zero-order valence-electron chi connectivity index (χ0n) is 9.07. The van der Waals surface area contributed by atoms with Gasteiger partial charge in [0.2, 0.25) is 0 Å². The van der Waals surface area contributed by atoms with E-state index in [-0.39, 0.29) is 5.02 Å². The van der Waals surface area contributed by atoms with Gasteiger partial charge in [-0.3, -0.25) is 0 Å². The van der Waals surface area contributed by atoms with Crippen molar-refractivity contribution in [1.82, 2.24) is 15.0 Å². The van der Waals surface area contributed by atoms with Gasteiger partial charge in [0, 0.05) is 6.07 Å². The number of rotatable bonds is 4. The van der Waals surface area contributed by atoms with E-state index >= 15 is 0 Å². The van der Waals surface area contributed by atoms with E-state index in [9.17, 15) is 4.39 Å². The predicted octanol–water partition coefficient (Wildman–Crippen LogP) is 2.40. The lowest BCUT2D eigenvalue weighted by atomic mass is 10.3. The molecule has 17 heavy (non-hydrogen) atoms. The number of fused-ring (bicyclic) bond motifs is 1. The molecular formula is C11H11ClFN3O. The van der Waals surface area contributed by atoms with Crippen LogP contribution in [0.1, 0.15) is 12.8 Å². The summed E-state index contributed by atoms with van der Waals surface area (Å²) in [5, 5.41) is 7.94. The molecule has 0 aliphatic heterocycles. The van der Waals surface area contributed by atoms with E-state index in [0.29, 0.717) is 24.8 Å². The fourth-order valence-corrected chi connectivity index (χ4v) is 1.83. The molecule has 2 aromatic rings. The summed E-state index contributed by atoms with van der Waals surface area (Å²) in [6, 6.07) is 2.84. The first-order chi connectivity index (χ1) is 8.24. The van der Waals surface area contributed by atoms with Gasteiger partial charge in [-0.2, -0.15) is 0 Å². The number of hydrogen-bond donors (Lipinski definition) is 0. The van der Waals surface area contributed by atoms with Crippen molar-refractivity contribution >= 4 is 22.6 Å². The minimum absolute atomic E-state index is 0.0872. The third-order valence-corrected chi connectivity index (χ3v) is 3.03.